The average Bonchev–Trinajstić information content (AvgIpc) is 3.53. The van der Waals surface area contributed by atoms with E-state index in [4.69, 9.17) is 10.5 Å². The van der Waals surface area contributed by atoms with E-state index < -0.39 is 6.04 Å². The van der Waals surface area contributed by atoms with Crippen molar-refractivity contribution in [3.05, 3.63) is 76.9 Å². The van der Waals surface area contributed by atoms with Crippen LogP contribution in [0.2, 0.25) is 0 Å². The fraction of sp³-hybridized carbons (Fsp3) is 0.227. The number of hydrogen-bond acceptors (Lipinski definition) is 4. The van der Waals surface area contributed by atoms with E-state index in [1.807, 2.05) is 54.6 Å². The molecule has 0 radical (unpaired) electrons. The highest BCUT2D eigenvalue weighted by atomic mass is 16.5. The van der Waals surface area contributed by atoms with Gasteiger partial charge in [0.1, 0.15) is 6.04 Å². The van der Waals surface area contributed by atoms with Crippen LogP contribution in [0.4, 0.5) is 0 Å². The number of rotatable bonds is 5. The lowest BCUT2D eigenvalue weighted by molar-refractivity contribution is -0.142. The third-order valence-corrected chi connectivity index (χ3v) is 4.19. The smallest absolute Gasteiger partial charge is 0.329 e. The van der Waals surface area contributed by atoms with Crippen LogP contribution >= 0.6 is 0 Å². The Hall–Kier alpha value is -3.03. The van der Waals surface area contributed by atoms with E-state index in [1.54, 1.807) is 0 Å². The van der Waals surface area contributed by atoms with E-state index in [0.29, 0.717) is 0 Å². The van der Waals surface area contributed by atoms with Gasteiger partial charge >= 0.3 is 5.97 Å². The summed E-state index contributed by atoms with van der Waals surface area (Å²) in [4.78, 5) is 11.8. The summed E-state index contributed by atoms with van der Waals surface area (Å²) >= 11 is 0. The van der Waals surface area contributed by atoms with Crippen LogP contribution in [-0.2, 0) is 9.53 Å². The number of hydrogen-bond donors (Lipinski definition) is 2. The van der Waals surface area contributed by atoms with Crippen molar-refractivity contribution in [1.82, 2.24) is 5.32 Å². The lowest BCUT2D eigenvalue weighted by Crippen LogP contribution is -2.42. The van der Waals surface area contributed by atoms with Crippen molar-refractivity contribution in [1.29, 1.82) is 0 Å². The van der Waals surface area contributed by atoms with E-state index in [9.17, 15) is 4.79 Å². The standard InChI is InChI=1S/C22H22N2O2/c1-26-22(25)20(15-23)24-21(19-13-14-19)18-11-9-17(10-12-18)8-7-16-5-3-2-4-6-16/h2-6,9-12,20,24H,13-15,23H2,1H3. The van der Waals surface area contributed by atoms with Crippen LogP contribution in [-0.4, -0.2) is 25.7 Å². The van der Waals surface area contributed by atoms with Gasteiger partial charge in [-0.1, -0.05) is 42.2 Å². The Balaban J connectivity index is 1.77. The SMILES string of the molecule is COC(=O)C(CN)NC(=C1CC1)c1ccc(C#Cc2ccccc2)cc1. The molecule has 0 bridgehead atoms. The normalized spacial score (nSPS) is 13.2. The molecule has 26 heavy (non-hydrogen) atoms. The second-order valence-corrected chi connectivity index (χ2v) is 6.13. The minimum Gasteiger partial charge on any atom is -0.467 e. The number of methoxy groups -OCH3 is 1. The number of allylic oxidation sites excluding steroid dienone is 1. The van der Waals surface area contributed by atoms with E-state index in [1.165, 1.54) is 12.7 Å². The molecule has 4 nitrogen and oxygen atoms in total. The van der Waals surface area contributed by atoms with Crippen LogP contribution in [0.15, 0.2) is 60.2 Å². The molecule has 0 amide bonds. The first-order valence-corrected chi connectivity index (χ1v) is 8.65. The molecule has 1 aliphatic carbocycles. The van der Waals surface area contributed by atoms with Crippen molar-refractivity contribution in [2.24, 2.45) is 5.73 Å². The van der Waals surface area contributed by atoms with Gasteiger partial charge in [-0.15, -0.1) is 0 Å². The second kappa shape index (κ2) is 8.37. The van der Waals surface area contributed by atoms with E-state index in [0.717, 1.165) is 35.2 Å². The van der Waals surface area contributed by atoms with Gasteiger partial charge in [0.05, 0.1) is 7.11 Å². The zero-order valence-corrected chi connectivity index (χ0v) is 14.8. The van der Waals surface area contributed by atoms with Gasteiger partial charge in [0, 0.05) is 23.4 Å². The Labute approximate surface area is 154 Å². The molecule has 1 fully saturated rings. The molecule has 1 saturated carbocycles. The predicted molar refractivity (Wildman–Crippen MR) is 103 cm³/mol. The van der Waals surface area contributed by atoms with E-state index in [-0.39, 0.29) is 12.5 Å². The predicted octanol–water partition coefficient (Wildman–Crippen LogP) is 2.68. The molecule has 2 aromatic carbocycles. The minimum atomic E-state index is -0.541. The third kappa shape index (κ3) is 4.53. The molecule has 1 aliphatic rings. The highest BCUT2D eigenvalue weighted by Gasteiger charge is 2.24. The zero-order valence-electron chi connectivity index (χ0n) is 14.8. The Morgan fingerprint density at radius 3 is 2.23 bits per heavy atom. The topological polar surface area (TPSA) is 64.3 Å². The van der Waals surface area contributed by atoms with Gasteiger partial charge in [-0.3, -0.25) is 0 Å². The Bertz CT molecular complexity index is 853. The second-order valence-electron chi connectivity index (χ2n) is 6.13. The maximum absolute atomic E-state index is 11.8. The van der Waals surface area contributed by atoms with Crippen LogP contribution in [0.3, 0.4) is 0 Å². The summed E-state index contributed by atoms with van der Waals surface area (Å²) in [5.74, 6) is 5.97. The summed E-state index contributed by atoms with van der Waals surface area (Å²) in [6, 6.07) is 17.4. The van der Waals surface area contributed by atoms with Gasteiger partial charge in [0.25, 0.3) is 0 Å². The number of carbonyl (C=O) groups excluding carboxylic acids is 1. The van der Waals surface area contributed by atoms with Crippen LogP contribution in [0.1, 0.15) is 29.5 Å². The summed E-state index contributed by atoms with van der Waals surface area (Å²) < 4.78 is 4.81. The number of nitrogens with one attached hydrogen (secondary N) is 1. The van der Waals surface area contributed by atoms with Gasteiger partial charge in [0.2, 0.25) is 0 Å². The first-order chi connectivity index (χ1) is 12.7. The number of ether oxygens (including phenoxy) is 1. The van der Waals surface area contributed by atoms with Crippen molar-refractivity contribution >= 4 is 11.7 Å². The summed E-state index contributed by atoms with van der Waals surface area (Å²) in [6.45, 7) is 0.185. The van der Waals surface area contributed by atoms with Gasteiger partial charge in [-0.2, -0.15) is 0 Å². The van der Waals surface area contributed by atoms with Crippen molar-refractivity contribution in [2.75, 3.05) is 13.7 Å². The summed E-state index contributed by atoms with van der Waals surface area (Å²) in [5, 5.41) is 3.25. The monoisotopic (exact) mass is 346 g/mol. The van der Waals surface area contributed by atoms with Crippen molar-refractivity contribution in [2.45, 2.75) is 18.9 Å². The summed E-state index contributed by atoms with van der Waals surface area (Å²) in [6.07, 6.45) is 2.08. The van der Waals surface area contributed by atoms with Crippen LogP contribution in [0.5, 0.6) is 0 Å². The number of nitrogens with two attached hydrogens (primary N) is 1. The van der Waals surface area contributed by atoms with Crippen molar-refractivity contribution in [3.63, 3.8) is 0 Å². The molecular formula is C22H22N2O2. The third-order valence-electron chi connectivity index (χ3n) is 4.19. The van der Waals surface area contributed by atoms with Crippen molar-refractivity contribution in [3.8, 4) is 11.8 Å². The minimum absolute atomic E-state index is 0.185. The molecule has 2 aromatic rings. The van der Waals surface area contributed by atoms with Gasteiger partial charge < -0.3 is 15.8 Å². The quantitative estimate of drug-likeness (QED) is 0.645. The molecular weight excluding hydrogens is 324 g/mol. The number of benzene rings is 2. The molecule has 4 heteroatoms. The largest absolute Gasteiger partial charge is 0.467 e. The Morgan fingerprint density at radius 2 is 1.69 bits per heavy atom. The van der Waals surface area contributed by atoms with E-state index >= 15 is 0 Å². The Kier molecular flexibility index (Phi) is 5.73. The van der Waals surface area contributed by atoms with Crippen LogP contribution in [0.25, 0.3) is 5.70 Å². The lowest BCUT2D eigenvalue weighted by Gasteiger charge is -2.18. The van der Waals surface area contributed by atoms with Gasteiger partial charge in [-0.05, 0) is 48.2 Å². The fourth-order valence-corrected chi connectivity index (χ4v) is 2.62. The maximum Gasteiger partial charge on any atom is 0.329 e. The Morgan fingerprint density at radius 1 is 1.08 bits per heavy atom. The lowest BCUT2D eigenvalue weighted by atomic mass is 10.1. The average molecular weight is 346 g/mol. The molecule has 0 saturated heterocycles. The molecule has 3 N–H and O–H groups in total. The summed E-state index contributed by atoms with van der Waals surface area (Å²) in [5.41, 5.74) is 11.0. The highest BCUT2D eigenvalue weighted by Crippen LogP contribution is 2.35. The fourth-order valence-electron chi connectivity index (χ4n) is 2.62. The number of esters is 1. The molecule has 1 atom stereocenters. The molecule has 0 heterocycles. The van der Waals surface area contributed by atoms with Crippen LogP contribution < -0.4 is 11.1 Å². The molecule has 0 aromatic heterocycles. The van der Waals surface area contributed by atoms with Crippen LogP contribution in [0, 0.1) is 11.8 Å². The van der Waals surface area contributed by atoms with E-state index in [2.05, 4.69) is 17.2 Å². The van der Waals surface area contributed by atoms with Gasteiger partial charge in [-0.25, -0.2) is 4.79 Å². The van der Waals surface area contributed by atoms with Crippen molar-refractivity contribution < 1.29 is 9.53 Å². The molecule has 3 rings (SSSR count). The molecule has 132 valence electrons. The maximum atomic E-state index is 11.8. The first kappa shape index (κ1) is 17.8. The molecule has 0 aliphatic heterocycles. The molecule has 0 spiro atoms. The first-order valence-electron chi connectivity index (χ1n) is 8.65. The zero-order chi connectivity index (χ0) is 18.4. The van der Waals surface area contributed by atoms with Gasteiger partial charge in [0.15, 0.2) is 0 Å². The summed E-state index contributed by atoms with van der Waals surface area (Å²) in [7, 11) is 1.37. The highest BCUT2D eigenvalue weighted by molar-refractivity contribution is 5.80. The molecule has 1 unspecified atom stereocenters. The number of carbonyl (C=O) groups is 1.